The van der Waals surface area contributed by atoms with Crippen molar-refractivity contribution in [1.82, 2.24) is 19.7 Å². The lowest BCUT2D eigenvalue weighted by atomic mass is 10.3. The molecule has 160 valence electrons. The van der Waals surface area contributed by atoms with Gasteiger partial charge in [0, 0.05) is 12.2 Å². The number of benzene rings is 2. The molecular formula is C21H21N5O2S3. The fourth-order valence-corrected chi connectivity index (χ4v) is 5.72. The summed E-state index contributed by atoms with van der Waals surface area (Å²) in [6, 6.07) is 15.4. The van der Waals surface area contributed by atoms with Crippen LogP contribution in [0.2, 0.25) is 0 Å². The van der Waals surface area contributed by atoms with E-state index in [1.165, 1.54) is 16.5 Å². The number of nitrogens with one attached hydrogen (secondary N) is 1. The molecule has 1 amide bonds. The summed E-state index contributed by atoms with van der Waals surface area (Å²) in [4.78, 5) is 17.0. The Morgan fingerprint density at radius 2 is 1.94 bits per heavy atom. The van der Waals surface area contributed by atoms with Crippen LogP contribution in [0.25, 0.3) is 10.2 Å². The summed E-state index contributed by atoms with van der Waals surface area (Å²) < 4.78 is 9.37. The molecule has 0 aliphatic rings. The van der Waals surface area contributed by atoms with Crippen LogP contribution in [0.15, 0.2) is 58.0 Å². The zero-order chi connectivity index (χ0) is 21.6. The van der Waals surface area contributed by atoms with Crippen LogP contribution in [0.4, 0.5) is 5.69 Å². The van der Waals surface area contributed by atoms with Crippen molar-refractivity contribution in [2.45, 2.75) is 28.7 Å². The van der Waals surface area contributed by atoms with Crippen molar-refractivity contribution >= 4 is 56.7 Å². The van der Waals surface area contributed by atoms with Gasteiger partial charge in [-0.15, -0.1) is 21.5 Å². The van der Waals surface area contributed by atoms with Crippen LogP contribution in [0.5, 0.6) is 5.75 Å². The van der Waals surface area contributed by atoms with Crippen molar-refractivity contribution in [3.8, 4) is 5.75 Å². The van der Waals surface area contributed by atoms with Crippen LogP contribution in [-0.2, 0) is 17.1 Å². The van der Waals surface area contributed by atoms with E-state index in [2.05, 4.69) is 33.5 Å². The Morgan fingerprint density at radius 3 is 2.68 bits per heavy atom. The lowest BCUT2D eigenvalue weighted by Gasteiger charge is -2.08. The maximum atomic E-state index is 12.3. The minimum atomic E-state index is -0.0915. The highest BCUT2D eigenvalue weighted by Crippen LogP contribution is 2.31. The number of anilines is 1. The number of amides is 1. The van der Waals surface area contributed by atoms with Gasteiger partial charge in [-0.1, -0.05) is 35.7 Å². The number of methoxy groups -OCH3 is 1. The first-order valence-electron chi connectivity index (χ1n) is 9.63. The predicted octanol–water partition coefficient (Wildman–Crippen LogP) is 4.94. The van der Waals surface area contributed by atoms with Gasteiger partial charge in [0.05, 0.1) is 28.8 Å². The topological polar surface area (TPSA) is 81.9 Å². The third-order valence-corrected chi connectivity index (χ3v) is 7.56. The van der Waals surface area contributed by atoms with Crippen LogP contribution < -0.4 is 10.1 Å². The number of aromatic nitrogens is 4. The van der Waals surface area contributed by atoms with Crippen LogP contribution in [0.1, 0.15) is 12.7 Å². The molecule has 0 saturated heterocycles. The molecule has 0 saturated carbocycles. The van der Waals surface area contributed by atoms with Gasteiger partial charge in [0.25, 0.3) is 0 Å². The molecule has 1 N–H and O–H groups in total. The molecular weight excluding hydrogens is 450 g/mol. The highest BCUT2D eigenvalue weighted by molar-refractivity contribution is 8.00. The van der Waals surface area contributed by atoms with Crippen molar-refractivity contribution in [3.63, 3.8) is 0 Å². The second kappa shape index (κ2) is 10.2. The van der Waals surface area contributed by atoms with Gasteiger partial charge >= 0.3 is 0 Å². The third-order valence-electron chi connectivity index (χ3n) is 4.41. The molecule has 0 fully saturated rings. The molecule has 4 rings (SSSR count). The normalized spacial score (nSPS) is 11.0. The van der Waals surface area contributed by atoms with Crippen LogP contribution in [0.3, 0.4) is 0 Å². The molecule has 0 spiro atoms. The van der Waals surface area contributed by atoms with Crippen molar-refractivity contribution < 1.29 is 9.53 Å². The Balaban J connectivity index is 1.34. The molecule has 0 aliphatic heterocycles. The Labute approximate surface area is 192 Å². The maximum Gasteiger partial charge on any atom is 0.234 e. The molecule has 7 nitrogen and oxygen atoms in total. The van der Waals surface area contributed by atoms with E-state index in [0.29, 0.717) is 5.75 Å². The number of hydrogen-bond acceptors (Lipinski definition) is 8. The Hall–Kier alpha value is -2.56. The maximum absolute atomic E-state index is 12.3. The average molecular weight is 472 g/mol. The number of fused-ring (bicyclic) bond motifs is 1. The number of thioether (sulfide) groups is 2. The second-order valence-corrected chi connectivity index (χ2v) is 9.64. The number of rotatable bonds is 9. The van der Waals surface area contributed by atoms with Gasteiger partial charge in [-0.3, -0.25) is 4.79 Å². The highest BCUT2D eigenvalue weighted by atomic mass is 32.2. The summed E-state index contributed by atoms with van der Waals surface area (Å²) in [5.74, 6) is 2.48. The van der Waals surface area contributed by atoms with E-state index >= 15 is 0 Å². The summed E-state index contributed by atoms with van der Waals surface area (Å²) in [6.45, 7) is 2.79. The molecule has 2 aromatic heterocycles. The van der Waals surface area contributed by atoms with Gasteiger partial charge in [-0.25, -0.2) is 4.98 Å². The van der Waals surface area contributed by atoms with Gasteiger partial charge in [0.2, 0.25) is 5.91 Å². The number of para-hydroxylation sites is 1. The van der Waals surface area contributed by atoms with Crippen molar-refractivity contribution in [2.75, 3.05) is 18.2 Å². The zero-order valence-corrected chi connectivity index (χ0v) is 19.5. The lowest BCUT2D eigenvalue weighted by molar-refractivity contribution is -0.113. The molecule has 0 unspecified atom stereocenters. The molecule has 2 heterocycles. The molecule has 0 radical (unpaired) electrons. The van der Waals surface area contributed by atoms with E-state index in [1.807, 2.05) is 47.0 Å². The summed E-state index contributed by atoms with van der Waals surface area (Å²) in [5, 5.41) is 12.3. The minimum Gasteiger partial charge on any atom is -0.497 e. The number of carbonyl (C=O) groups is 1. The van der Waals surface area contributed by atoms with Crippen molar-refractivity contribution in [2.24, 2.45) is 0 Å². The van der Waals surface area contributed by atoms with Gasteiger partial charge < -0.3 is 14.6 Å². The fraction of sp³-hybridized carbons (Fsp3) is 0.238. The second-order valence-electron chi connectivity index (χ2n) is 6.44. The number of hydrogen-bond donors (Lipinski definition) is 1. The molecule has 10 heteroatoms. The van der Waals surface area contributed by atoms with Crippen molar-refractivity contribution in [3.05, 3.63) is 54.4 Å². The van der Waals surface area contributed by atoms with E-state index in [-0.39, 0.29) is 11.7 Å². The summed E-state index contributed by atoms with van der Waals surface area (Å²) in [7, 11) is 1.61. The fourth-order valence-electron chi connectivity index (χ4n) is 2.89. The number of carbonyl (C=O) groups excluding carboxylic acids is 1. The largest absolute Gasteiger partial charge is 0.497 e. The summed E-state index contributed by atoms with van der Waals surface area (Å²) >= 11 is 4.72. The van der Waals surface area contributed by atoms with Crippen LogP contribution in [0, 0.1) is 0 Å². The molecule has 2 aromatic carbocycles. The summed E-state index contributed by atoms with van der Waals surface area (Å²) in [5.41, 5.74) is 1.75. The first-order valence-corrected chi connectivity index (χ1v) is 12.4. The Bertz CT molecular complexity index is 1140. The van der Waals surface area contributed by atoms with E-state index in [0.717, 1.165) is 38.8 Å². The third kappa shape index (κ3) is 5.38. The van der Waals surface area contributed by atoms with Gasteiger partial charge in [-0.2, -0.15) is 0 Å². The van der Waals surface area contributed by atoms with E-state index in [4.69, 9.17) is 4.74 Å². The van der Waals surface area contributed by atoms with Gasteiger partial charge in [0.15, 0.2) is 9.50 Å². The monoisotopic (exact) mass is 471 g/mol. The quantitative estimate of drug-likeness (QED) is 0.346. The van der Waals surface area contributed by atoms with Crippen LogP contribution in [-0.4, -0.2) is 38.5 Å². The molecule has 31 heavy (non-hydrogen) atoms. The standard InChI is InChI=1S/C21H21N5O2S3/c1-3-26-18(12-30-21-23-16-6-4-5-7-17(16)31-21)24-25-20(26)29-13-19(27)22-14-8-10-15(28-2)11-9-14/h4-11H,3,12-13H2,1-2H3,(H,22,27). The summed E-state index contributed by atoms with van der Waals surface area (Å²) in [6.07, 6.45) is 0. The Kier molecular flexibility index (Phi) is 7.10. The molecule has 0 aliphatic carbocycles. The molecule has 4 aromatic rings. The van der Waals surface area contributed by atoms with E-state index < -0.39 is 0 Å². The number of nitrogens with zero attached hydrogens (tertiary/aromatic N) is 4. The molecule has 0 atom stereocenters. The molecule has 0 bridgehead atoms. The predicted molar refractivity (Wildman–Crippen MR) is 127 cm³/mol. The SMILES string of the molecule is CCn1c(CSc2nc3ccccc3s2)nnc1SCC(=O)Nc1ccc(OC)cc1. The van der Waals surface area contributed by atoms with Crippen LogP contribution >= 0.6 is 34.9 Å². The smallest absolute Gasteiger partial charge is 0.234 e. The number of thiazole rings is 1. The van der Waals surface area contributed by atoms with E-state index in [9.17, 15) is 4.79 Å². The zero-order valence-electron chi connectivity index (χ0n) is 17.1. The van der Waals surface area contributed by atoms with Gasteiger partial charge in [0.1, 0.15) is 11.6 Å². The Morgan fingerprint density at radius 1 is 1.13 bits per heavy atom. The van der Waals surface area contributed by atoms with E-state index in [1.54, 1.807) is 30.2 Å². The van der Waals surface area contributed by atoms with Crippen molar-refractivity contribution in [1.29, 1.82) is 0 Å². The number of ether oxygens (including phenoxy) is 1. The average Bonchev–Trinajstić information content (AvgIpc) is 3.39. The highest BCUT2D eigenvalue weighted by Gasteiger charge is 2.14. The first-order chi connectivity index (χ1) is 15.2. The minimum absolute atomic E-state index is 0.0915. The van der Waals surface area contributed by atoms with Gasteiger partial charge in [-0.05, 0) is 43.3 Å². The lowest BCUT2D eigenvalue weighted by Crippen LogP contribution is -2.14. The first kappa shape index (κ1) is 21.7.